The highest BCUT2D eigenvalue weighted by atomic mass is 16.6. The van der Waals surface area contributed by atoms with Crippen LogP contribution in [0.1, 0.15) is 27.2 Å². The van der Waals surface area contributed by atoms with E-state index in [0.29, 0.717) is 13.0 Å². The first kappa shape index (κ1) is 13.6. The maximum atomic E-state index is 11.8. The molecule has 0 aromatic rings. The molecule has 17 heavy (non-hydrogen) atoms. The summed E-state index contributed by atoms with van der Waals surface area (Å²) in [7, 11) is 0. The average molecular weight is 242 g/mol. The Labute approximate surface area is 100.0 Å². The highest BCUT2D eigenvalue weighted by Crippen LogP contribution is 2.17. The zero-order chi connectivity index (χ0) is 13.1. The number of piperidine rings is 1. The maximum Gasteiger partial charge on any atom is 0.410 e. The SMILES string of the molecule is CC(C)(C)OC(=O)N1CC[C@@H](O)[C@@H](N=[N+]=[N-])C1. The summed E-state index contributed by atoms with van der Waals surface area (Å²) in [6.07, 6.45) is -0.740. The molecule has 0 aromatic carbocycles. The van der Waals surface area contributed by atoms with Crippen LogP contribution in [0.3, 0.4) is 0 Å². The zero-order valence-electron chi connectivity index (χ0n) is 10.3. The minimum absolute atomic E-state index is 0.195. The summed E-state index contributed by atoms with van der Waals surface area (Å²) in [6.45, 7) is 5.96. The Kier molecular flexibility index (Phi) is 4.20. The second-order valence-electron chi connectivity index (χ2n) is 5.05. The van der Waals surface area contributed by atoms with Crippen LogP contribution in [0.5, 0.6) is 0 Å². The number of ether oxygens (including phenoxy) is 1. The Bertz CT molecular complexity index is 333. The third-order valence-corrected chi connectivity index (χ3v) is 2.40. The molecule has 1 saturated heterocycles. The van der Waals surface area contributed by atoms with Crippen LogP contribution < -0.4 is 0 Å². The highest BCUT2D eigenvalue weighted by molar-refractivity contribution is 5.68. The molecule has 1 N–H and O–H groups in total. The van der Waals surface area contributed by atoms with E-state index in [1.54, 1.807) is 20.8 Å². The second-order valence-corrected chi connectivity index (χ2v) is 5.05. The van der Waals surface area contributed by atoms with E-state index in [0.717, 1.165) is 0 Å². The van der Waals surface area contributed by atoms with Crippen LogP contribution in [0.2, 0.25) is 0 Å². The van der Waals surface area contributed by atoms with Gasteiger partial charge in [0, 0.05) is 18.0 Å². The van der Waals surface area contributed by atoms with E-state index in [4.69, 9.17) is 10.3 Å². The number of aliphatic hydroxyl groups is 1. The lowest BCUT2D eigenvalue weighted by Gasteiger charge is -2.34. The van der Waals surface area contributed by atoms with Crippen molar-refractivity contribution in [1.29, 1.82) is 0 Å². The summed E-state index contributed by atoms with van der Waals surface area (Å²) < 4.78 is 5.21. The molecule has 0 aromatic heterocycles. The van der Waals surface area contributed by atoms with Gasteiger partial charge in [-0.1, -0.05) is 5.11 Å². The number of hydrogen-bond acceptors (Lipinski definition) is 4. The van der Waals surface area contributed by atoms with Gasteiger partial charge >= 0.3 is 6.09 Å². The molecule has 0 radical (unpaired) electrons. The minimum atomic E-state index is -0.690. The molecular formula is C10H18N4O3. The van der Waals surface area contributed by atoms with E-state index >= 15 is 0 Å². The summed E-state index contributed by atoms with van der Waals surface area (Å²) in [6, 6.07) is -0.596. The molecule has 1 aliphatic rings. The van der Waals surface area contributed by atoms with Gasteiger partial charge in [0.15, 0.2) is 0 Å². The first-order valence-electron chi connectivity index (χ1n) is 5.53. The maximum absolute atomic E-state index is 11.8. The van der Waals surface area contributed by atoms with Crippen molar-refractivity contribution in [3.8, 4) is 0 Å². The summed E-state index contributed by atoms with van der Waals surface area (Å²) in [5, 5.41) is 13.1. The van der Waals surface area contributed by atoms with Gasteiger partial charge in [-0.3, -0.25) is 0 Å². The van der Waals surface area contributed by atoms with E-state index in [1.807, 2.05) is 0 Å². The standard InChI is InChI=1S/C10H18N4O3/c1-10(2,3)17-9(16)14-5-4-8(15)7(6-14)12-13-11/h7-8,15H,4-6H2,1-3H3/t7-,8+/m0/s1. The first-order chi connectivity index (χ1) is 7.83. The van der Waals surface area contributed by atoms with Gasteiger partial charge in [-0.05, 0) is 32.7 Å². The van der Waals surface area contributed by atoms with Crippen LogP contribution in [0, 0.1) is 0 Å². The Balaban J connectivity index is 2.61. The van der Waals surface area contributed by atoms with Crippen molar-refractivity contribution in [2.24, 2.45) is 5.11 Å². The van der Waals surface area contributed by atoms with Crippen molar-refractivity contribution in [3.63, 3.8) is 0 Å². The molecule has 0 bridgehead atoms. The monoisotopic (exact) mass is 242 g/mol. The molecule has 1 heterocycles. The Morgan fingerprint density at radius 1 is 1.59 bits per heavy atom. The minimum Gasteiger partial charge on any atom is -0.444 e. The highest BCUT2D eigenvalue weighted by Gasteiger charge is 2.31. The molecule has 1 fully saturated rings. The van der Waals surface area contributed by atoms with Crippen molar-refractivity contribution in [2.45, 2.75) is 44.9 Å². The predicted octanol–water partition coefficient (Wildman–Crippen LogP) is 1.67. The number of aliphatic hydroxyl groups excluding tert-OH is 1. The average Bonchev–Trinajstić information content (AvgIpc) is 2.19. The lowest BCUT2D eigenvalue weighted by Crippen LogP contribution is -2.49. The third-order valence-electron chi connectivity index (χ3n) is 2.40. The number of likely N-dealkylation sites (tertiary alicyclic amines) is 1. The van der Waals surface area contributed by atoms with Crippen molar-refractivity contribution in [1.82, 2.24) is 4.90 Å². The van der Waals surface area contributed by atoms with Crippen molar-refractivity contribution >= 4 is 6.09 Å². The fourth-order valence-electron chi connectivity index (χ4n) is 1.59. The molecule has 1 amide bonds. The smallest absolute Gasteiger partial charge is 0.410 e. The van der Waals surface area contributed by atoms with Crippen LogP contribution in [-0.2, 0) is 4.74 Å². The zero-order valence-corrected chi connectivity index (χ0v) is 10.3. The van der Waals surface area contributed by atoms with Crippen LogP contribution in [0.15, 0.2) is 5.11 Å². The second kappa shape index (κ2) is 5.25. The summed E-state index contributed by atoms with van der Waals surface area (Å²) >= 11 is 0. The molecule has 0 aliphatic carbocycles. The van der Waals surface area contributed by atoms with E-state index in [1.165, 1.54) is 4.90 Å². The van der Waals surface area contributed by atoms with Crippen LogP contribution in [0.4, 0.5) is 4.79 Å². The van der Waals surface area contributed by atoms with Crippen LogP contribution in [-0.4, -0.2) is 46.9 Å². The number of carbonyl (C=O) groups excluding carboxylic acids is 1. The summed E-state index contributed by atoms with van der Waals surface area (Å²) in [5.41, 5.74) is 7.81. The van der Waals surface area contributed by atoms with Crippen molar-refractivity contribution in [3.05, 3.63) is 10.4 Å². The summed E-state index contributed by atoms with van der Waals surface area (Å²) in [4.78, 5) is 15.9. The van der Waals surface area contributed by atoms with Gasteiger partial charge in [0.25, 0.3) is 0 Å². The van der Waals surface area contributed by atoms with Gasteiger partial charge in [0.1, 0.15) is 5.60 Å². The van der Waals surface area contributed by atoms with E-state index in [-0.39, 0.29) is 6.54 Å². The van der Waals surface area contributed by atoms with Gasteiger partial charge < -0.3 is 14.7 Å². The van der Waals surface area contributed by atoms with Crippen molar-refractivity contribution < 1.29 is 14.6 Å². The number of azide groups is 1. The molecule has 0 saturated carbocycles. The predicted molar refractivity (Wildman–Crippen MR) is 61.4 cm³/mol. The number of nitrogens with zero attached hydrogens (tertiary/aromatic N) is 4. The molecule has 96 valence electrons. The summed E-state index contributed by atoms with van der Waals surface area (Å²) in [5.74, 6) is 0. The quantitative estimate of drug-likeness (QED) is 0.430. The number of carbonyl (C=O) groups is 1. The fraction of sp³-hybridized carbons (Fsp3) is 0.900. The Morgan fingerprint density at radius 2 is 2.24 bits per heavy atom. The van der Waals surface area contributed by atoms with Gasteiger partial charge in [-0.15, -0.1) is 0 Å². The van der Waals surface area contributed by atoms with Crippen LogP contribution in [0.25, 0.3) is 10.4 Å². The molecule has 0 spiro atoms. The van der Waals surface area contributed by atoms with Gasteiger partial charge in [-0.2, -0.15) is 0 Å². The van der Waals surface area contributed by atoms with Gasteiger partial charge in [0.05, 0.1) is 12.1 Å². The lowest BCUT2D eigenvalue weighted by atomic mass is 10.0. The topological polar surface area (TPSA) is 98.5 Å². The molecule has 7 heteroatoms. The van der Waals surface area contributed by atoms with Gasteiger partial charge in [0.2, 0.25) is 0 Å². The molecule has 1 aliphatic heterocycles. The molecule has 7 nitrogen and oxygen atoms in total. The molecular weight excluding hydrogens is 224 g/mol. The van der Waals surface area contributed by atoms with Gasteiger partial charge in [-0.25, -0.2) is 4.79 Å². The Hall–Kier alpha value is -1.46. The number of rotatable bonds is 1. The number of amides is 1. The molecule has 2 atom stereocenters. The van der Waals surface area contributed by atoms with E-state index in [2.05, 4.69) is 10.0 Å². The normalized spacial score (nSPS) is 25.1. The van der Waals surface area contributed by atoms with Crippen LogP contribution >= 0.6 is 0 Å². The lowest BCUT2D eigenvalue weighted by molar-refractivity contribution is 0.00499. The van der Waals surface area contributed by atoms with E-state index in [9.17, 15) is 9.90 Å². The van der Waals surface area contributed by atoms with Crippen molar-refractivity contribution in [2.75, 3.05) is 13.1 Å². The van der Waals surface area contributed by atoms with E-state index < -0.39 is 23.8 Å². The Morgan fingerprint density at radius 3 is 2.76 bits per heavy atom. The molecule has 1 rings (SSSR count). The third kappa shape index (κ3) is 4.13. The first-order valence-corrected chi connectivity index (χ1v) is 5.53. The fourth-order valence-corrected chi connectivity index (χ4v) is 1.59. The molecule has 0 unspecified atom stereocenters. The number of hydrogen-bond donors (Lipinski definition) is 1. The largest absolute Gasteiger partial charge is 0.444 e.